The summed E-state index contributed by atoms with van der Waals surface area (Å²) in [5, 5.41) is 3.18. The third kappa shape index (κ3) is 7.37. The van der Waals surface area contributed by atoms with Gasteiger partial charge >= 0.3 is 6.18 Å². The largest absolute Gasteiger partial charge is 0.494 e. The Kier molecular flexibility index (Phi) is 7.57. The van der Waals surface area contributed by atoms with Crippen LogP contribution in [0.5, 0.6) is 5.75 Å². The summed E-state index contributed by atoms with van der Waals surface area (Å²) in [6, 6.07) is 7.05. The van der Waals surface area contributed by atoms with E-state index in [4.69, 9.17) is 4.74 Å². The standard InChI is InChI=1S/C16H24F3NO/c1-3-11-20-15(9-10-16(17,18)19)13-5-7-14(8-6-13)21-12-4-2/h5-8,15,20H,3-4,9-12H2,1-2H3. The Hall–Kier alpha value is -1.23. The second-order valence-corrected chi connectivity index (χ2v) is 5.08. The molecule has 1 N–H and O–H groups in total. The van der Waals surface area contributed by atoms with E-state index in [0.717, 1.165) is 24.2 Å². The molecule has 0 radical (unpaired) electrons. The topological polar surface area (TPSA) is 21.3 Å². The number of rotatable bonds is 9. The molecule has 21 heavy (non-hydrogen) atoms. The molecule has 0 heterocycles. The highest BCUT2D eigenvalue weighted by Crippen LogP contribution is 2.28. The second-order valence-electron chi connectivity index (χ2n) is 5.08. The minimum Gasteiger partial charge on any atom is -0.494 e. The van der Waals surface area contributed by atoms with Gasteiger partial charge in [0.2, 0.25) is 0 Å². The molecule has 0 spiro atoms. The van der Waals surface area contributed by atoms with Gasteiger partial charge in [-0.05, 0) is 43.5 Å². The number of hydrogen-bond donors (Lipinski definition) is 1. The van der Waals surface area contributed by atoms with Gasteiger partial charge in [-0.2, -0.15) is 13.2 Å². The van der Waals surface area contributed by atoms with Crippen molar-refractivity contribution in [2.45, 2.75) is 51.7 Å². The Morgan fingerprint density at radius 1 is 1.10 bits per heavy atom. The first-order valence-corrected chi connectivity index (χ1v) is 7.49. The normalized spacial score (nSPS) is 13.2. The van der Waals surface area contributed by atoms with E-state index in [1.54, 1.807) is 0 Å². The fourth-order valence-corrected chi connectivity index (χ4v) is 2.03. The molecule has 1 aromatic carbocycles. The van der Waals surface area contributed by atoms with E-state index < -0.39 is 12.6 Å². The van der Waals surface area contributed by atoms with Crippen molar-refractivity contribution >= 4 is 0 Å². The summed E-state index contributed by atoms with van der Waals surface area (Å²) in [5.74, 6) is 0.755. The molecule has 1 aromatic rings. The summed E-state index contributed by atoms with van der Waals surface area (Å²) < 4.78 is 42.7. The predicted molar refractivity (Wildman–Crippen MR) is 78.6 cm³/mol. The molecule has 0 saturated heterocycles. The highest BCUT2D eigenvalue weighted by atomic mass is 19.4. The van der Waals surface area contributed by atoms with Crippen molar-refractivity contribution in [3.8, 4) is 5.75 Å². The number of hydrogen-bond acceptors (Lipinski definition) is 2. The lowest BCUT2D eigenvalue weighted by atomic mass is 10.0. The summed E-state index contributed by atoms with van der Waals surface area (Å²) in [6.45, 7) is 5.37. The molecule has 1 unspecified atom stereocenters. The zero-order valence-electron chi connectivity index (χ0n) is 12.7. The molecule has 0 aliphatic carbocycles. The number of alkyl halides is 3. The van der Waals surface area contributed by atoms with E-state index in [0.29, 0.717) is 13.2 Å². The van der Waals surface area contributed by atoms with Crippen molar-refractivity contribution in [3.63, 3.8) is 0 Å². The first kappa shape index (κ1) is 17.8. The van der Waals surface area contributed by atoms with Crippen LogP contribution in [0.25, 0.3) is 0 Å². The smallest absolute Gasteiger partial charge is 0.389 e. The number of nitrogens with one attached hydrogen (secondary N) is 1. The van der Waals surface area contributed by atoms with Gasteiger partial charge in [-0.15, -0.1) is 0 Å². The third-order valence-electron chi connectivity index (χ3n) is 3.11. The monoisotopic (exact) mass is 303 g/mol. The highest BCUT2D eigenvalue weighted by molar-refractivity contribution is 5.29. The van der Waals surface area contributed by atoms with Crippen molar-refractivity contribution in [3.05, 3.63) is 29.8 Å². The fraction of sp³-hybridized carbons (Fsp3) is 0.625. The molecular weight excluding hydrogens is 279 g/mol. The molecule has 1 atom stereocenters. The summed E-state index contributed by atoms with van der Waals surface area (Å²) in [7, 11) is 0. The van der Waals surface area contributed by atoms with Gasteiger partial charge in [0.15, 0.2) is 0 Å². The number of benzene rings is 1. The summed E-state index contributed by atoms with van der Waals surface area (Å²) in [4.78, 5) is 0. The first-order chi connectivity index (χ1) is 9.96. The maximum Gasteiger partial charge on any atom is 0.389 e. The van der Waals surface area contributed by atoms with Crippen LogP contribution in [0.15, 0.2) is 24.3 Å². The van der Waals surface area contributed by atoms with Crippen LogP contribution in [0, 0.1) is 0 Å². The van der Waals surface area contributed by atoms with Crippen LogP contribution >= 0.6 is 0 Å². The zero-order valence-corrected chi connectivity index (χ0v) is 12.7. The number of ether oxygens (including phenoxy) is 1. The van der Waals surface area contributed by atoms with Crippen LogP contribution in [-0.2, 0) is 0 Å². The zero-order chi connectivity index (χ0) is 15.7. The molecule has 0 aromatic heterocycles. The van der Waals surface area contributed by atoms with Gasteiger partial charge in [0.1, 0.15) is 5.75 Å². The predicted octanol–water partition coefficient (Wildman–Crippen LogP) is 4.86. The summed E-state index contributed by atoms with van der Waals surface area (Å²) in [5.41, 5.74) is 0.872. The van der Waals surface area contributed by atoms with Gasteiger partial charge in [-0.1, -0.05) is 26.0 Å². The first-order valence-electron chi connectivity index (χ1n) is 7.49. The van der Waals surface area contributed by atoms with E-state index in [1.165, 1.54) is 0 Å². The Morgan fingerprint density at radius 3 is 2.29 bits per heavy atom. The molecule has 0 bridgehead atoms. The molecule has 0 aliphatic rings. The van der Waals surface area contributed by atoms with Gasteiger partial charge in [-0.3, -0.25) is 0 Å². The van der Waals surface area contributed by atoms with Crippen molar-refractivity contribution < 1.29 is 17.9 Å². The van der Waals surface area contributed by atoms with E-state index in [9.17, 15) is 13.2 Å². The molecule has 0 aliphatic heterocycles. The lowest BCUT2D eigenvalue weighted by Gasteiger charge is -2.20. The molecule has 2 nitrogen and oxygen atoms in total. The van der Waals surface area contributed by atoms with Gasteiger partial charge in [-0.25, -0.2) is 0 Å². The minimum atomic E-state index is -4.11. The van der Waals surface area contributed by atoms with Gasteiger partial charge < -0.3 is 10.1 Å². The lowest BCUT2D eigenvalue weighted by Crippen LogP contribution is -2.24. The quantitative estimate of drug-likeness (QED) is 0.703. The van der Waals surface area contributed by atoms with E-state index >= 15 is 0 Å². The molecule has 0 amide bonds. The van der Waals surface area contributed by atoms with Gasteiger partial charge in [0.25, 0.3) is 0 Å². The van der Waals surface area contributed by atoms with Crippen molar-refractivity contribution in [2.75, 3.05) is 13.2 Å². The third-order valence-corrected chi connectivity index (χ3v) is 3.11. The average molecular weight is 303 g/mol. The molecule has 0 saturated carbocycles. The Balaban J connectivity index is 2.67. The van der Waals surface area contributed by atoms with Crippen LogP contribution in [0.4, 0.5) is 13.2 Å². The number of halogens is 3. The second kappa shape index (κ2) is 8.93. The minimum absolute atomic E-state index is 0.0542. The molecule has 1 rings (SSSR count). The maximum atomic E-state index is 12.4. The Labute approximate surface area is 124 Å². The average Bonchev–Trinajstić information content (AvgIpc) is 2.45. The van der Waals surface area contributed by atoms with E-state index in [1.807, 2.05) is 38.1 Å². The van der Waals surface area contributed by atoms with Crippen LogP contribution in [0.2, 0.25) is 0 Å². The van der Waals surface area contributed by atoms with E-state index in [2.05, 4.69) is 5.32 Å². The SMILES string of the molecule is CCCNC(CCC(F)(F)F)c1ccc(OCCC)cc1. The Morgan fingerprint density at radius 2 is 1.76 bits per heavy atom. The molecule has 0 fully saturated rings. The summed E-state index contributed by atoms with van der Waals surface area (Å²) >= 11 is 0. The lowest BCUT2D eigenvalue weighted by molar-refractivity contribution is -0.136. The van der Waals surface area contributed by atoms with Gasteiger partial charge in [0, 0.05) is 12.5 Å². The van der Waals surface area contributed by atoms with E-state index in [-0.39, 0.29) is 12.5 Å². The molecule has 120 valence electrons. The van der Waals surface area contributed by atoms with Gasteiger partial charge in [0.05, 0.1) is 6.61 Å². The van der Waals surface area contributed by atoms with Crippen LogP contribution in [0.3, 0.4) is 0 Å². The maximum absolute atomic E-state index is 12.4. The van der Waals surface area contributed by atoms with Crippen molar-refractivity contribution in [1.29, 1.82) is 0 Å². The van der Waals surface area contributed by atoms with Crippen molar-refractivity contribution in [2.24, 2.45) is 0 Å². The van der Waals surface area contributed by atoms with Crippen molar-refractivity contribution in [1.82, 2.24) is 5.32 Å². The molecular formula is C16H24F3NO. The Bertz CT molecular complexity index is 390. The summed E-state index contributed by atoms with van der Waals surface area (Å²) in [6.07, 6.45) is -3.02. The molecule has 5 heteroatoms. The van der Waals surface area contributed by atoms with Crippen LogP contribution < -0.4 is 10.1 Å². The fourth-order valence-electron chi connectivity index (χ4n) is 2.03. The van der Waals surface area contributed by atoms with Crippen LogP contribution in [0.1, 0.15) is 51.1 Å². The highest BCUT2D eigenvalue weighted by Gasteiger charge is 2.28. The van der Waals surface area contributed by atoms with Crippen LogP contribution in [-0.4, -0.2) is 19.3 Å².